The van der Waals surface area contributed by atoms with Gasteiger partial charge in [0.05, 0.1) is 13.2 Å². The summed E-state index contributed by atoms with van der Waals surface area (Å²) in [6.07, 6.45) is 2.30. The molecule has 1 saturated heterocycles. The van der Waals surface area contributed by atoms with Gasteiger partial charge in [-0.3, -0.25) is 9.89 Å². The minimum absolute atomic E-state index is 0. The van der Waals surface area contributed by atoms with E-state index in [1.165, 1.54) is 19.5 Å². The van der Waals surface area contributed by atoms with Crippen molar-refractivity contribution in [2.45, 2.75) is 46.1 Å². The van der Waals surface area contributed by atoms with Crippen LogP contribution >= 0.6 is 24.0 Å². The average molecular weight is 484 g/mol. The monoisotopic (exact) mass is 484 g/mol. The lowest BCUT2D eigenvalue weighted by molar-refractivity contribution is 0.0483. The summed E-state index contributed by atoms with van der Waals surface area (Å²) in [5, 5.41) is 6.85. The highest BCUT2D eigenvalue weighted by molar-refractivity contribution is 14.0. The first-order valence-electron chi connectivity index (χ1n) is 9.65. The molecule has 0 aliphatic carbocycles. The third-order valence-corrected chi connectivity index (χ3v) is 4.83. The number of halogens is 1. The molecular weight excluding hydrogens is 443 g/mol. The summed E-state index contributed by atoms with van der Waals surface area (Å²) in [6, 6.07) is 0. The van der Waals surface area contributed by atoms with Gasteiger partial charge in [-0.2, -0.15) is 0 Å². The van der Waals surface area contributed by atoms with Crippen molar-refractivity contribution in [3.63, 3.8) is 0 Å². The number of hydrogen-bond acceptors (Lipinski definition) is 4. The Bertz CT molecular complexity index is 384. The van der Waals surface area contributed by atoms with Gasteiger partial charge in [-0.1, -0.05) is 13.8 Å². The van der Waals surface area contributed by atoms with Crippen LogP contribution in [-0.4, -0.2) is 76.6 Å². The van der Waals surface area contributed by atoms with Gasteiger partial charge in [0.25, 0.3) is 0 Å². The number of aliphatic imine (C=N–C) groups is 1. The fraction of sp³-hybridized carbons (Fsp3) is 0.947. The van der Waals surface area contributed by atoms with E-state index in [4.69, 9.17) is 9.47 Å². The molecular formula is C19H41IN4O2. The molecule has 2 unspecified atom stereocenters. The maximum Gasteiger partial charge on any atom is 0.191 e. The molecule has 156 valence electrons. The Labute approximate surface area is 177 Å². The number of nitrogens with one attached hydrogen (secondary N) is 2. The Morgan fingerprint density at radius 3 is 2.35 bits per heavy atom. The van der Waals surface area contributed by atoms with Crippen molar-refractivity contribution in [2.24, 2.45) is 16.8 Å². The van der Waals surface area contributed by atoms with Gasteiger partial charge in [-0.25, -0.2) is 0 Å². The van der Waals surface area contributed by atoms with Crippen molar-refractivity contribution < 1.29 is 9.47 Å². The summed E-state index contributed by atoms with van der Waals surface area (Å²) in [7, 11) is 3.51. The van der Waals surface area contributed by atoms with Crippen LogP contribution in [0.1, 0.15) is 40.5 Å². The first-order chi connectivity index (χ1) is 11.9. The Morgan fingerprint density at radius 1 is 1.12 bits per heavy atom. The number of piperidine rings is 1. The summed E-state index contributed by atoms with van der Waals surface area (Å²) >= 11 is 0. The van der Waals surface area contributed by atoms with Crippen LogP contribution in [0.2, 0.25) is 0 Å². The number of ether oxygens (including phenoxy) is 2. The zero-order chi connectivity index (χ0) is 18.7. The number of rotatable bonds is 10. The van der Waals surface area contributed by atoms with Gasteiger partial charge in [0.2, 0.25) is 0 Å². The molecule has 1 heterocycles. The summed E-state index contributed by atoms with van der Waals surface area (Å²) in [5.41, 5.74) is 0.115. The summed E-state index contributed by atoms with van der Waals surface area (Å²) in [5.74, 6) is 2.42. The van der Waals surface area contributed by atoms with Gasteiger partial charge in [-0.05, 0) is 38.5 Å². The van der Waals surface area contributed by atoms with E-state index in [1.807, 2.05) is 7.05 Å². The van der Waals surface area contributed by atoms with Crippen molar-refractivity contribution in [3.8, 4) is 0 Å². The average Bonchev–Trinajstić information content (AvgIpc) is 2.56. The fourth-order valence-corrected chi connectivity index (χ4v) is 3.41. The second-order valence-electron chi connectivity index (χ2n) is 7.97. The Kier molecular flexibility index (Phi) is 13.9. The topological polar surface area (TPSA) is 58.1 Å². The molecule has 0 amide bonds. The number of methoxy groups -OCH3 is 1. The molecule has 1 rings (SSSR count). The van der Waals surface area contributed by atoms with Crippen LogP contribution in [0.15, 0.2) is 4.99 Å². The lowest BCUT2D eigenvalue weighted by Gasteiger charge is -2.45. The molecule has 2 atom stereocenters. The standard InChI is InChI=1S/C19H40N4O2.HI/c1-16-12-17(2)14-23(13-16)19(3,4)15-22-18(20-5)21-8-7-9-25-11-10-24-6;/h16-17H,7-15H2,1-6H3,(H2,20,21,22);1H. The zero-order valence-corrected chi connectivity index (χ0v) is 20.0. The van der Waals surface area contributed by atoms with E-state index >= 15 is 0 Å². The Morgan fingerprint density at radius 2 is 1.77 bits per heavy atom. The zero-order valence-electron chi connectivity index (χ0n) is 17.6. The van der Waals surface area contributed by atoms with Crippen LogP contribution in [0.3, 0.4) is 0 Å². The number of likely N-dealkylation sites (tertiary alicyclic amines) is 1. The second kappa shape index (κ2) is 14.0. The Hall–Kier alpha value is -0.120. The third-order valence-electron chi connectivity index (χ3n) is 4.83. The first kappa shape index (κ1) is 25.9. The number of hydrogen-bond donors (Lipinski definition) is 2. The van der Waals surface area contributed by atoms with Crippen molar-refractivity contribution in [3.05, 3.63) is 0 Å². The fourth-order valence-electron chi connectivity index (χ4n) is 3.41. The highest BCUT2D eigenvalue weighted by atomic mass is 127. The van der Waals surface area contributed by atoms with Crippen molar-refractivity contribution in [1.29, 1.82) is 0 Å². The van der Waals surface area contributed by atoms with Gasteiger partial charge in [0.1, 0.15) is 0 Å². The molecule has 0 radical (unpaired) electrons. The molecule has 26 heavy (non-hydrogen) atoms. The van der Waals surface area contributed by atoms with Gasteiger partial charge in [0, 0.05) is 52.5 Å². The summed E-state index contributed by atoms with van der Waals surface area (Å²) < 4.78 is 10.4. The SMILES string of the molecule is CN=C(NCCCOCCOC)NCC(C)(C)N1CC(C)CC(C)C1.I. The predicted molar refractivity (Wildman–Crippen MR) is 121 cm³/mol. The van der Waals surface area contributed by atoms with E-state index in [-0.39, 0.29) is 29.5 Å². The Balaban J connectivity index is 0.00000625. The molecule has 0 aromatic carbocycles. The van der Waals surface area contributed by atoms with Gasteiger partial charge in [0.15, 0.2) is 5.96 Å². The van der Waals surface area contributed by atoms with E-state index in [1.54, 1.807) is 7.11 Å². The maximum absolute atomic E-state index is 5.47. The minimum atomic E-state index is 0. The molecule has 1 aliphatic heterocycles. The molecule has 6 nitrogen and oxygen atoms in total. The van der Waals surface area contributed by atoms with E-state index in [0.29, 0.717) is 13.2 Å². The van der Waals surface area contributed by atoms with Crippen molar-refractivity contribution in [2.75, 3.05) is 60.2 Å². The summed E-state index contributed by atoms with van der Waals surface area (Å²) in [6.45, 7) is 15.5. The molecule has 2 N–H and O–H groups in total. The number of nitrogens with zero attached hydrogens (tertiary/aromatic N) is 2. The molecule has 0 saturated carbocycles. The lowest BCUT2D eigenvalue weighted by atomic mass is 9.88. The molecule has 0 spiro atoms. The van der Waals surface area contributed by atoms with Crippen LogP contribution in [-0.2, 0) is 9.47 Å². The molecule has 7 heteroatoms. The predicted octanol–water partition coefficient (Wildman–Crippen LogP) is 2.58. The normalized spacial score (nSPS) is 22.0. The van der Waals surface area contributed by atoms with E-state index in [9.17, 15) is 0 Å². The highest BCUT2D eigenvalue weighted by Gasteiger charge is 2.32. The molecule has 1 fully saturated rings. The van der Waals surface area contributed by atoms with Crippen LogP contribution in [0, 0.1) is 11.8 Å². The molecule has 1 aliphatic rings. The maximum atomic E-state index is 5.47. The first-order valence-corrected chi connectivity index (χ1v) is 9.65. The van der Waals surface area contributed by atoms with Gasteiger partial charge in [-0.15, -0.1) is 24.0 Å². The second-order valence-corrected chi connectivity index (χ2v) is 7.97. The van der Waals surface area contributed by atoms with Crippen LogP contribution in [0.4, 0.5) is 0 Å². The quantitative estimate of drug-likeness (QED) is 0.216. The van der Waals surface area contributed by atoms with E-state index < -0.39 is 0 Å². The van der Waals surface area contributed by atoms with E-state index in [0.717, 1.165) is 43.9 Å². The van der Waals surface area contributed by atoms with Crippen LogP contribution in [0.25, 0.3) is 0 Å². The number of guanidine groups is 1. The molecule has 0 aromatic rings. The molecule has 0 bridgehead atoms. The van der Waals surface area contributed by atoms with Gasteiger partial charge < -0.3 is 20.1 Å². The van der Waals surface area contributed by atoms with Crippen molar-refractivity contribution >= 4 is 29.9 Å². The largest absolute Gasteiger partial charge is 0.382 e. The smallest absolute Gasteiger partial charge is 0.191 e. The van der Waals surface area contributed by atoms with Crippen LogP contribution < -0.4 is 10.6 Å². The molecule has 0 aromatic heterocycles. The highest BCUT2D eigenvalue weighted by Crippen LogP contribution is 2.26. The lowest BCUT2D eigenvalue weighted by Crippen LogP contribution is -2.57. The summed E-state index contributed by atoms with van der Waals surface area (Å²) in [4.78, 5) is 6.95. The minimum Gasteiger partial charge on any atom is -0.382 e. The van der Waals surface area contributed by atoms with Crippen molar-refractivity contribution in [1.82, 2.24) is 15.5 Å². The van der Waals surface area contributed by atoms with E-state index in [2.05, 4.69) is 48.2 Å². The third kappa shape index (κ3) is 10.3. The van der Waals surface area contributed by atoms with Gasteiger partial charge >= 0.3 is 0 Å². The van der Waals surface area contributed by atoms with Crippen LogP contribution in [0.5, 0.6) is 0 Å².